The van der Waals surface area contributed by atoms with Crippen molar-refractivity contribution in [1.29, 1.82) is 0 Å². The van der Waals surface area contributed by atoms with Crippen LogP contribution in [-0.4, -0.2) is 53.0 Å². The highest BCUT2D eigenvalue weighted by molar-refractivity contribution is 6.01. The quantitative estimate of drug-likeness (QED) is 0.635. The van der Waals surface area contributed by atoms with Crippen LogP contribution in [0, 0.1) is 0 Å². The number of carbonyl (C=O) groups is 2. The molecule has 1 amide bonds. The molecule has 1 aliphatic heterocycles. The number of carbonyl (C=O) groups excluding carboxylic acids is 2. The fourth-order valence-electron chi connectivity index (χ4n) is 3.61. The number of esters is 1. The fraction of sp³-hybridized carbons (Fsp3) is 0.238. The zero-order valence-electron chi connectivity index (χ0n) is 16.4. The summed E-state index contributed by atoms with van der Waals surface area (Å²) in [5.41, 5.74) is 3.70. The summed E-state index contributed by atoms with van der Waals surface area (Å²) in [6, 6.07) is 14.7. The van der Waals surface area contributed by atoms with Crippen LogP contribution in [-0.2, 0) is 11.3 Å². The molecule has 1 aliphatic rings. The molecule has 1 aromatic heterocycles. The standard InChI is InChI=1S/C21H21N5O3/c1-24-18-7-5-4-6-16(18)20(27)25(2)19(24)17-13-26(23-22-17)12-14-8-10-15(11-9-14)21(28)29-3/h4-11,13,19H,12H2,1-3H3. The van der Waals surface area contributed by atoms with Crippen LogP contribution < -0.4 is 4.90 Å². The third-order valence-electron chi connectivity index (χ3n) is 5.11. The number of aromatic nitrogens is 3. The smallest absolute Gasteiger partial charge is 0.337 e. The largest absolute Gasteiger partial charge is 0.465 e. The van der Waals surface area contributed by atoms with Crippen LogP contribution in [0.5, 0.6) is 0 Å². The van der Waals surface area contributed by atoms with E-state index in [1.807, 2.05) is 54.5 Å². The summed E-state index contributed by atoms with van der Waals surface area (Å²) in [6.07, 6.45) is 1.50. The minimum atomic E-state index is -0.368. The summed E-state index contributed by atoms with van der Waals surface area (Å²) in [6.45, 7) is 0.499. The molecule has 0 spiro atoms. The van der Waals surface area contributed by atoms with Crippen LogP contribution in [0.15, 0.2) is 54.7 Å². The maximum Gasteiger partial charge on any atom is 0.337 e. The average Bonchev–Trinajstić information content (AvgIpc) is 3.20. The van der Waals surface area contributed by atoms with Crippen molar-refractivity contribution in [3.05, 3.63) is 77.1 Å². The van der Waals surface area contributed by atoms with Crippen LogP contribution in [0.3, 0.4) is 0 Å². The molecular formula is C21H21N5O3. The Bertz CT molecular complexity index is 1060. The lowest BCUT2D eigenvalue weighted by molar-refractivity contribution is 0.0600. The molecule has 0 bridgehead atoms. The van der Waals surface area contributed by atoms with Gasteiger partial charge in [-0.05, 0) is 29.8 Å². The normalized spacial score (nSPS) is 16.0. The topological polar surface area (TPSA) is 80.6 Å². The third-order valence-corrected chi connectivity index (χ3v) is 5.11. The predicted octanol–water partition coefficient (Wildman–Crippen LogP) is 2.33. The van der Waals surface area contributed by atoms with Gasteiger partial charge in [-0.1, -0.05) is 29.5 Å². The van der Waals surface area contributed by atoms with Crippen LogP contribution in [0.4, 0.5) is 5.69 Å². The van der Waals surface area contributed by atoms with Gasteiger partial charge in [0.2, 0.25) is 0 Å². The maximum atomic E-state index is 12.8. The minimum Gasteiger partial charge on any atom is -0.465 e. The number of para-hydroxylation sites is 1. The Morgan fingerprint density at radius 2 is 1.79 bits per heavy atom. The van der Waals surface area contributed by atoms with Crippen LogP contribution in [0.25, 0.3) is 0 Å². The summed E-state index contributed by atoms with van der Waals surface area (Å²) in [4.78, 5) is 28.0. The molecule has 148 valence electrons. The first-order valence-electron chi connectivity index (χ1n) is 9.16. The Morgan fingerprint density at radius 3 is 2.52 bits per heavy atom. The molecule has 1 unspecified atom stereocenters. The van der Waals surface area contributed by atoms with Gasteiger partial charge in [-0.2, -0.15) is 0 Å². The average molecular weight is 391 g/mol. The van der Waals surface area contributed by atoms with Gasteiger partial charge in [-0.15, -0.1) is 5.10 Å². The second-order valence-electron chi connectivity index (χ2n) is 6.95. The van der Waals surface area contributed by atoms with Crippen LogP contribution in [0.2, 0.25) is 0 Å². The first-order valence-corrected chi connectivity index (χ1v) is 9.16. The second kappa shape index (κ2) is 7.38. The number of hydrogen-bond donors (Lipinski definition) is 0. The number of fused-ring (bicyclic) bond motifs is 1. The Labute approximate surface area is 168 Å². The number of anilines is 1. The van der Waals surface area contributed by atoms with Gasteiger partial charge in [0.15, 0.2) is 6.17 Å². The molecule has 8 nitrogen and oxygen atoms in total. The molecule has 0 saturated carbocycles. The summed E-state index contributed by atoms with van der Waals surface area (Å²) < 4.78 is 6.43. The number of methoxy groups -OCH3 is 1. The zero-order chi connectivity index (χ0) is 20.5. The Morgan fingerprint density at radius 1 is 1.07 bits per heavy atom. The highest BCUT2D eigenvalue weighted by Gasteiger charge is 2.35. The predicted molar refractivity (Wildman–Crippen MR) is 107 cm³/mol. The molecule has 0 N–H and O–H groups in total. The molecule has 8 heteroatoms. The molecule has 0 fully saturated rings. The molecule has 2 aromatic carbocycles. The summed E-state index contributed by atoms with van der Waals surface area (Å²) in [7, 11) is 5.07. The van der Waals surface area contributed by atoms with E-state index in [0.29, 0.717) is 23.4 Å². The van der Waals surface area contributed by atoms with E-state index in [1.165, 1.54) is 7.11 Å². The number of rotatable bonds is 4. The molecule has 0 saturated heterocycles. The molecule has 2 heterocycles. The highest BCUT2D eigenvalue weighted by Crippen LogP contribution is 2.35. The van der Waals surface area contributed by atoms with Crippen molar-refractivity contribution in [2.75, 3.05) is 26.1 Å². The molecule has 3 aromatic rings. The fourth-order valence-corrected chi connectivity index (χ4v) is 3.61. The van der Waals surface area contributed by atoms with E-state index in [4.69, 9.17) is 4.74 Å². The van der Waals surface area contributed by atoms with Crippen molar-refractivity contribution < 1.29 is 14.3 Å². The van der Waals surface area contributed by atoms with Gasteiger partial charge in [-0.3, -0.25) is 4.79 Å². The van der Waals surface area contributed by atoms with Gasteiger partial charge in [0.25, 0.3) is 5.91 Å². The Hall–Kier alpha value is -3.68. The molecular weight excluding hydrogens is 370 g/mol. The summed E-state index contributed by atoms with van der Waals surface area (Å²) >= 11 is 0. The molecule has 1 atom stereocenters. The Balaban J connectivity index is 1.56. The van der Waals surface area contributed by atoms with Crippen molar-refractivity contribution in [2.45, 2.75) is 12.7 Å². The Kier molecular flexibility index (Phi) is 4.75. The summed E-state index contributed by atoms with van der Waals surface area (Å²) in [5, 5.41) is 8.53. The number of amides is 1. The lowest BCUT2D eigenvalue weighted by Crippen LogP contribution is -2.45. The second-order valence-corrected chi connectivity index (χ2v) is 6.95. The van der Waals surface area contributed by atoms with Crippen molar-refractivity contribution in [3.8, 4) is 0 Å². The van der Waals surface area contributed by atoms with Crippen molar-refractivity contribution >= 4 is 17.6 Å². The maximum absolute atomic E-state index is 12.8. The summed E-state index contributed by atoms with van der Waals surface area (Å²) in [5.74, 6) is -0.412. The molecule has 4 rings (SSSR count). The van der Waals surface area contributed by atoms with Gasteiger partial charge >= 0.3 is 5.97 Å². The van der Waals surface area contributed by atoms with E-state index >= 15 is 0 Å². The lowest BCUT2D eigenvalue weighted by Gasteiger charge is -2.40. The van der Waals surface area contributed by atoms with E-state index in [2.05, 4.69) is 10.3 Å². The van der Waals surface area contributed by atoms with Crippen LogP contribution >= 0.6 is 0 Å². The van der Waals surface area contributed by atoms with E-state index in [9.17, 15) is 9.59 Å². The number of benzene rings is 2. The first-order chi connectivity index (χ1) is 14.0. The van der Waals surface area contributed by atoms with E-state index in [1.54, 1.807) is 28.8 Å². The number of hydrogen-bond acceptors (Lipinski definition) is 6. The van der Waals surface area contributed by atoms with Crippen molar-refractivity contribution in [1.82, 2.24) is 19.9 Å². The zero-order valence-corrected chi connectivity index (χ0v) is 16.4. The van der Waals surface area contributed by atoms with Gasteiger partial charge in [0.05, 0.1) is 36.7 Å². The first kappa shape index (κ1) is 18.7. The van der Waals surface area contributed by atoms with Crippen molar-refractivity contribution in [2.24, 2.45) is 0 Å². The monoisotopic (exact) mass is 391 g/mol. The lowest BCUT2D eigenvalue weighted by atomic mass is 10.1. The van der Waals surface area contributed by atoms with Gasteiger partial charge in [0.1, 0.15) is 5.69 Å². The molecule has 29 heavy (non-hydrogen) atoms. The van der Waals surface area contributed by atoms with Crippen molar-refractivity contribution in [3.63, 3.8) is 0 Å². The van der Waals surface area contributed by atoms with Gasteiger partial charge in [0, 0.05) is 14.1 Å². The number of nitrogens with zero attached hydrogens (tertiary/aromatic N) is 5. The minimum absolute atomic E-state index is 0.0448. The molecule has 0 radical (unpaired) electrons. The van der Waals surface area contributed by atoms with E-state index in [0.717, 1.165) is 11.3 Å². The van der Waals surface area contributed by atoms with Crippen LogP contribution in [0.1, 0.15) is 38.1 Å². The van der Waals surface area contributed by atoms with E-state index < -0.39 is 0 Å². The highest BCUT2D eigenvalue weighted by atomic mass is 16.5. The SMILES string of the molecule is COC(=O)c1ccc(Cn2cc(C3N(C)C(=O)c4ccccc4N3C)nn2)cc1. The van der Waals surface area contributed by atoms with E-state index in [-0.39, 0.29) is 18.0 Å². The number of ether oxygens (including phenoxy) is 1. The van der Waals surface area contributed by atoms with Gasteiger partial charge < -0.3 is 14.5 Å². The third kappa shape index (κ3) is 3.33. The molecule has 0 aliphatic carbocycles. The van der Waals surface area contributed by atoms with Gasteiger partial charge in [-0.25, -0.2) is 9.48 Å².